The largest absolute Gasteiger partial charge is 0.497 e. The first-order chi connectivity index (χ1) is 8.72. The van der Waals surface area contributed by atoms with Crippen molar-refractivity contribution < 1.29 is 9.47 Å². The van der Waals surface area contributed by atoms with Gasteiger partial charge in [0.25, 0.3) is 0 Å². The summed E-state index contributed by atoms with van der Waals surface area (Å²) in [6, 6.07) is 11.4. The lowest BCUT2D eigenvalue weighted by molar-refractivity contribution is 0.397. The maximum Gasteiger partial charge on any atom is 0.237 e. The molecule has 0 saturated carbocycles. The molecule has 0 aliphatic carbocycles. The minimum absolute atomic E-state index is 0.447. The van der Waals surface area contributed by atoms with Crippen LogP contribution < -0.4 is 15.2 Å². The predicted molar refractivity (Wildman–Crippen MR) is 72.3 cm³/mol. The van der Waals surface area contributed by atoms with Crippen LogP contribution in [-0.2, 0) is 0 Å². The second-order valence-electron chi connectivity index (χ2n) is 3.53. The Kier molecular flexibility index (Phi) is 3.94. The van der Waals surface area contributed by atoms with Crippen LogP contribution in [0, 0.1) is 0 Å². The monoisotopic (exact) mass is 262 g/mol. The summed E-state index contributed by atoms with van der Waals surface area (Å²) in [6.45, 7) is 0. The quantitative estimate of drug-likeness (QED) is 0.918. The van der Waals surface area contributed by atoms with E-state index in [4.69, 9.17) is 15.2 Å². The Morgan fingerprint density at radius 2 is 1.94 bits per heavy atom. The van der Waals surface area contributed by atoms with Crippen molar-refractivity contribution in [3.63, 3.8) is 0 Å². The van der Waals surface area contributed by atoms with Crippen molar-refractivity contribution in [2.45, 2.75) is 9.92 Å². The van der Waals surface area contributed by atoms with E-state index in [1.54, 1.807) is 20.3 Å². The first-order valence-corrected chi connectivity index (χ1v) is 6.17. The normalized spacial score (nSPS) is 10.1. The summed E-state index contributed by atoms with van der Waals surface area (Å²) in [7, 11) is 3.20. The highest BCUT2D eigenvalue weighted by molar-refractivity contribution is 7.99. The number of aromatic nitrogens is 1. The van der Waals surface area contributed by atoms with Crippen LogP contribution >= 0.6 is 11.8 Å². The average molecular weight is 262 g/mol. The summed E-state index contributed by atoms with van der Waals surface area (Å²) in [6.07, 6.45) is 0. The van der Waals surface area contributed by atoms with E-state index in [1.165, 1.54) is 11.8 Å². The van der Waals surface area contributed by atoms with Gasteiger partial charge in [0.2, 0.25) is 5.88 Å². The first kappa shape index (κ1) is 12.6. The molecule has 94 valence electrons. The van der Waals surface area contributed by atoms with Gasteiger partial charge < -0.3 is 15.2 Å². The second-order valence-corrected chi connectivity index (χ2v) is 4.62. The molecule has 2 N–H and O–H groups in total. The zero-order valence-electron chi connectivity index (χ0n) is 10.2. The fraction of sp³-hybridized carbons (Fsp3) is 0.154. The van der Waals surface area contributed by atoms with Gasteiger partial charge in [0.05, 0.1) is 19.9 Å². The van der Waals surface area contributed by atoms with E-state index >= 15 is 0 Å². The number of ether oxygens (including phenoxy) is 2. The molecule has 0 bridgehead atoms. The Balaban J connectivity index is 2.22. The molecule has 0 aliphatic rings. The number of hydrogen-bond donors (Lipinski definition) is 1. The summed E-state index contributed by atoms with van der Waals surface area (Å²) in [5, 5.41) is 0.828. The van der Waals surface area contributed by atoms with Crippen molar-refractivity contribution in [3.05, 3.63) is 36.4 Å². The summed E-state index contributed by atoms with van der Waals surface area (Å²) in [5.41, 5.74) is 6.26. The van der Waals surface area contributed by atoms with Gasteiger partial charge >= 0.3 is 0 Å². The molecule has 0 atom stereocenters. The first-order valence-electron chi connectivity index (χ1n) is 5.35. The molecule has 1 aromatic carbocycles. The molecule has 1 heterocycles. The van der Waals surface area contributed by atoms with Gasteiger partial charge in [-0.15, -0.1) is 0 Å². The molecule has 4 nitrogen and oxygen atoms in total. The lowest BCUT2D eigenvalue weighted by Gasteiger charge is -2.07. The third-order valence-corrected chi connectivity index (χ3v) is 3.25. The number of nitrogen functional groups attached to an aromatic ring is 1. The molecule has 0 spiro atoms. The van der Waals surface area contributed by atoms with Crippen LogP contribution in [0.3, 0.4) is 0 Å². The van der Waals surface area contributed by atoms with Crippen molar-refractivity contribution in [1.82, 2.24) is 4.98 Å². The number of methoxy groups -OCH3 is 2. The van der Waals surface area contributed by atoms with E-state index in [-0.39, 0.29) is 0 Å². The lowest BCUT2D eigenvalue weighted by atomic mass is 10.3. The standard InChI is InChI=1S/C13H14N2O2S/c1-16-9-4-3-5-10(8-9)18-12-7-6-11(14)13(15-12)17-2/h3-8H,14H2,1-2H3. The van der Waals surface area contributed by atoms with Gasteiger partial charge in [0, 0.05) is 4.90 Å². The van der Waals surface area contributed by atoms with Crippen LogP contribution in [0.25, 0.3) is 0 Å². The van der Waals surface area contributed by atoms with Crippen molar-refractivity contribution in [1.29, 1.82) is 0 Å². The topological polar surface area (TPSA) is 57.4 Å². The Morgan fingerprint density at radius 3 is 2.67 bits per heavy atom. The van der Waals surface area contributed by atoms with Gasteiger partial charge in [-0.05, 0) is 30.3 Å². The van der Waals surface area contributed by atoms with Gasteiger partial charge in [0.15, 0.2) is 0 Å². The van der Waals surface area contributed by atoms with E-state index in [0.717, 1.165) is 15.7 Å². The van der Waals surface area contributed by atoms with Gasteiger partial charge in [-0.2, -0.15) is 0 Å². The highest BCUT2D eigenvalue weighted by atomic mass is 32.2. The van der Waals surface area contributed by atoms with E-state index in [1.807, 2.05) is 30.3 Å². The molecule has 18 heavy (non-hydrogen) atoms. The zero-order valence-corrected chi connectivity index (χ0v) is 11.0. The summed E-state index contributed by atoms with van der Waals surface area (Å²) < 4.78 is 10.3. The summed E-state index contributed by atoms with van der Waals surface area (Å²) >= 11 is 1.53. The van der Waals surface area contributed by atoms with Crippen LogP contribution in [0.4, 0.5) is 5.69 Å². The molecule has 2 aromatic rings. The number of hydrogen-bond acceptors (Lipinski definition) is 5. The Labute approximate surface area is 110 Å². The maximum atomic E-state index is 5.72. The van der Waals surface area contributed by atoms with Crippen LogP contribution in [0.15, 0.2) is 46.3 Å². The molecular weight excluding hydrogens is 248 g/mol. The summed E-state index contributed by atoms with van der Waals surface area (Å²) in [4.78, 5) is 5.37. The van der Waals surface area contributed by atoms with Crippen molar-refractivity contribution in [2.24, 2.45) is 0 Å². The molecule has 0 aliphatic heterocycles. The number of nitrogens with zero attached hydrogens (tertiary/aromatic N) is 1. The predicted octanol–water partition coefficient (Wildman–Crippen LogP) is 2.83. The van der Waals surface area contributed by atoms with Crippen LogP contribution in [0.2, 0.25) is 0 Å². The molecule has 0 fully saturated rings. The zero-order chi connectivity index (χ0) is 13.0. The Bertz CT molecular complexity index is 546. The molecule has 0 radical (unpaired) electrons. The highest BCUT2D eigenvalue weighted by Crippen LogP contribution is 2.31. The molecule has 5 heteroatoms. The molecule has 0 saturated heterocycles. The highest BCUT2D eigenvalue weighted by Gasteiger charge is 2.05. The number of rotatable bonds is 4. The third kappa shape index (κ3) is 2.87. The van der Waals surface area contributed by atoms with Crippen molar-refractivity contribution >= 4 is 17.4 Å². The molecular formula is C13H14N2O2S. The SMILES string of the molecule is COc1cccc(Sc2ccc(N)c(OC)n2)c1. The lowest BCUT2D eigenvalue weighted by Crippen LogP contribution is -1.95. The molecule has 0 amide bonds. The van der Waals surface area contributed by atoms with E-state index in [9.17, 15) is 0 Å². The number of pyridine rings is 1. The van der Waals surface area contributed by atoms with Crippen LogP contribution in [0.1, 0.15) is 0 Å². The fourth-order valence-electron chi connectivity index (χ4n) is 1.44. The van der Waals surface area contributed by atoms with Crippen LogP contribution in [0.5, 0.6) is 11.6 Å². The number of anilines is 1. The smallest absolute Gasteiger partial charge is 0.237 e. The van der Waals surface area contributed by atoms with Gasteiger partial charge in [0.1, 0.15) is 10.8 Å². The number of benzene rings is 1. The van der Waals surface area contributed by atoms with Crippen molar-refractivity contribution in [2.75, 3.05) is 20.0 Å². The molecule has 1 aromatic heterocycles. The van der Waals surface area contributed by atoms with Crippen molar-refractivity contribution in [3.8, 4) is 11.6 Å². The van der Waals surface area contributed by atoms with Crippen LogP contribution in [-0.4, -0.2) is 19.2 Å². The van der Waals surface area contributed by atoms with Gasteiger partial charge in [-0.3, -0.25) is 0 Å². The summed E-state index contributed by atoms with van der Waals surface area (Å²) in [5.74, 6) is 1.27. The minimum Gasteiger partial charge on any atom is -0.497 e. The Hall–Kier alpha value is -1.88. The molecule has 0 unspecified atom stereocenters. The Morgan fingerprint density at radius 1 is 1.11 bits per heavy atom. The number of nitrogens with two attached hydrogens (primary N) is 1. The van der Waals surface area contributed by atoms with E-state index in [0.29, 0.717) is 11.6 Å². The average Bonchev–Trinajstić information content (AvgIpc) is 2.41. The third-order valence-electron chi connectivity index (χ3n) is 2.32. The fourth-order valence-corrected chi connectivity index (χ4v) is 2.27. The minimum atomic E-state index is 0.447. The van der Waals surface area contributed by atoms with Gasteiger partial charge in [-0.1, -0.05) is 17.8 Å². The van der Waals surface area contributed by atoms with Gasteiger partial charge in [-0.25, -0.2) is 4.98 Å². The maximum absolute atomic E-state index is 5.72. The second kappa shape index (κ2) is 5.64. The van der Waals surface area contributed by atoms with E-state index < -0.39 is 0 Å². The van der Waals surface area contributed by atoms with E-state index in [2.05, 4.69) is 4.98 Å². The molecule has 2 rings (SSSR count).